The van der Waals surface area contributed by atoms with Gasteiger partial charge in [-0.15, -0.1) is 0 Å². The number of carbonyl (C=O) groups is 1. The van der Waals surface area contributed by atoms with Crippen LogP contribution in [0.25, 0.3) is 0 Å². The lowest BCUT2D eigenvalue weighted by molar-refractivity contribution is -0.384. The fraction of sp³-hybridized carbons (Fsp3) is 0.300. The molecular weight excluding hydrogens is 306 g/mol. The van der Waals surface area contributed by atoms with Crippen LogP contribution in [-0.4, -0.2) is 44.2 Å². The molecule has 0 saturated carbocycles. The number of nitro groups is 1. The highest BCUT2D eigenvalue weighted by molar-refractivity contribution is 7.89. The Hall–Kier alpha value is -2.24. The first-order valence-corrected chi connectivity index (χ1v) is 7.01. The van der Waals surface area contributed by atoms with E-state index in [-0.39, 0.29) is 12.3 Å². The van der Waals surface area contributed by atoms with Crippen molar-refractivity contribution in [3.8, 4) is 0 Å². The Labute approximate surface area is 119 Å². The van der Waals surface area contributed by atoms with Crippen LogP contribution in [0, 0.1) is 10.1 Å². The average Bonchev–Trinajstić information content (AvgIpc) is 2.36. The third kappa shape index (κ3) is 4.37. The van der Waals surface area contributed by atoms with Crippen molar-refractivity contribution >= 4 is 27.4 Å². The molecule has 0 radical (unpaired) electrons. The zero-order valence-corrected chi connectivity index (χ0v) is 11.7. The van der Waals surface area contributed by atoms with Crippen LogP contribution in [0.1, 0.15) is 0 Å². The van der Waals surface area contributed by atoms with Crippen LogP contribution in [0.4, 0.5) is 11.4 Å². The van der Waals surface area contributed by atoms with Gasteiger partial charge in [-0.25, -0.2) is 18.4 Å². The van der Waals surface area contributed by atoms with Crippen LogP contribution in [0.3, 0.4) is 0 Å². The molecule has 1 aromatic carbocycles. The van der Waals surface area contributed by atoms with Crippen molar-refractivity contribution in [3.05, 3.63) is 28.3 Å². The first kappa shape index (κ1) is 16.8. The summed E-state index contributed by atoms with van der Waals surface area (Å²) in [5.41, 5.74) is -0.763. The number of primary sulfonamides is 1. The predicted octanol–water partition coefficient (Wildman–Crippen LogP) is -0.246. The summed E-state index contributed by atoms with van der Waals surface area (Å²) >= 11 is 0. The first-order chi connectivity index (χ1) is 9.66. The monoisotopic (exact) mass is 319 g/mol. The van der Waals surface area contributed by atoms with Gasteiger partial charge < -0.3 is 15.2 Å². The molecule has 0 aliphatic rings. The number of hydrogen-bond donors (Lipinski definition) is 3. The standard InChI is InChI=1S/C10H13N3O7S/c1-20-5-8(10(14)15)12-7-3-2-6(21(11,18)19)4-9(7)13(16)17/h2-4,8,12H,5H2,1H3,(H,14,15)(H2,11,18,19). The van der Waals surface area contributed by atoms with E-state index < -0.39 is 37.5 Å². The molecule has 0 aromatic heterocycles. The number of nitro benzene ring substituents is 1. The zero-order valence-electron chi connectivity index (χ0n) is 10.8. The van der Waals surface area contributed by atoms with Gasteiger partial charge in [-0.3, -0.25) is 10.1 Å². The minimum atomic E-state index is -4.10. The Morgan fingerprint density at radius 2 is 2.19 bits per heavy atom. The summed E-state index contributed by atoms with van der Waals surface area (Å²) in [5, 5.41) is 27.2. The summed E-state index contributed by atoms with van der Waals surface area (Å²) in [4.78, 5) is 20.6. The van der Waals surface area contributed by atoms with Gasteiger partial charge >= 0.3 is 5.97 Å². The van der Waals surface area contributed by atoms with Crippen LogP contribution >= 0.6 is 0 Å². The number of ether oxygens (including phenoxy) is 1. The van der Waals surface area contributed by atoms with Gasteiger partial charge in [0.25, 0.3) is 5.69 Å². The summed E-state index contributed by atoms with van der Waals surface area (Å²) in [5.74, 6) is -1.28. The maximum atomic E-state index is 11.2. The molecule has 116 valence electrons. The molecule has 0 saturated heterocycles. The number of methoxy groups -OCH3 is 1. The molecule has 1 unspecified atom stereocenters. The molecule has 11 heteroatoms. The molecule has 1 rings (SSSR count). The lowest BCUT2D eigenvalue weighted by Crippen LogP contribution is -2.33. The maximum Gasteiger partial charge on any atom is 0.328 e. The Morgan fingerprint density at radius 3 is 2.62 bits per heavy atom. The molecule has 0 spiro atoms. The second-order valence-corrected chi connectivity index (χ2v) is 5.53. The smallest absolute Gasteiger partial charge is 0.328 e. The van der Waals surface area contributed by atoms with Gasteiger partial charge in [0.1, 0.15) is 11.7 Å². The van der Waals surface area contributed by atoms with E-state index in [0.29, 0.717) is 0 Å². The number of sulfonamides is 1. The number of nitrogens with zero attached hydrogens (tertiary/aromatic N) is 1. The fourth-order valence-corrected chi connectivity index (χ4v) is 2.02. The highest BCUT2D eigenvalue weighted by Crippen LogP contribution is 2.27. The lowest BCUT2D eigenvalue weighted by Gasteiger charge is -2.15. The van der Waals surface area contributed by atoms with Crippen molar-refractivity contribution in [3.63, 3.8) is 0 Å². The molecule has 0 aliphatic carbocycles. The van der Waals surface area contributed by atoms with Crippen LogP contribution in [0.15, 0.2) is 23.1 Å². The third-order valence-corrected chi connectivity index (χ3v) is 3.37. The summed E-state index contributed by atoms with van der Waals surface area (Å²) in [6, 6.07) is 1.64. The normalized spacial score (nSPS) is 12.7. The molecule has 1 atom stereocenters. The third-order valence-electron chi connectivity index (χ3n) is 2.46. The van der Waals surface area contributed by atoms with E-state index in [1.807, 2.05) is 0 Å². The second kappa shape index (κ2) is 6.47. The van der Waals surface area contributed by atoms with E-state index in [1.54, 1.807) is 0 Å². The number of anilines is 1. The molecular formula is C10H13N3O7S. The highest BCUT2D eigenvalue weighted by atomic mass is 32.2. The van der Waals surface area contributed by atoms with Gasteiger partial charge in [0.05, 0.1) is 16.4 Å². The van der Waals surface area contributed by atoms with Crippen molar-refractivity contribution in [2.75, 3.05) is 19.0 Å². The molecule has 1 aromatic rings. The van der Waals surface area contributed by atoms with Crippen molar-refractivity contribution in [2.45, 2.75) is 10.9 Å². The first-order valence-electron chi connectivity index (χ1n) is 5.46. The molecule has 4 N–H and O–H groups in total. The largest absolute Gasteiger partial charge is 0.480 e. The summed E-state index contributed by atoms with van der Waals surface area (Å²) < 4.78 is 27.0. The van der Waals surface area contributed by atoms with Crippen LogP contribution in [-0.2, 0) is 19.6 Å². The number of benzene rings is 1. The highest BCUT2D eigenvalue weighted by Gasteiger charge is 2.24. The van der Waals surface area contributed by atoms with Crippen LogP contribution < -0.4 is 10.5 Å². The number of carboxylic acids is 1. The second-order valence-electron chi connectivity index (χ2n) is 3.97. The van der Waals surface area contributed by atoms with E-state index in [1.165, 1.54) is 7.11 Å². The lowest BCUT2D eigenvalue weighted by atomic mass is 10.2. The van der Waals surface area contributed by atoms with Crippen LogP contribution in [0.5, 0.6) is 0 Å². The van der Waals surface area contributed by atoms with Crippen molar-refractivity contribution in [1.29, 1.82) is 0 Å². The van der Waals surface area contributed by atoms with Crippen molar-refractivity contribution in [2.24, 2.45) is 5.14 Å². The quantitative estimate of drug-likeness (QED) is 0.458. The van der Waals surface area contributed by atoms with E-state index in [4.69, 9.17) is 10.2 Å². The van der Waals surface area contributed by atoms with Crippen molar-refractivity contribution < 1.29 is 28.0 Å². The number of nitrogens with two attached hydrogens (primary N) is 1. The predicted molar refractivity (Wildman–Crippen MR) is 71.4 cm³/mol. The number of nitrogens with one attached hydrogen (secondary N) is 1. The van der Waals surface area contributed by atoms with Crippen LogP contribution in [0.2, 0.25) is 0 Å². The van der Waals surface area contributed by atoms with Gasteiger partial charge in [0, 0.05) is 13.2 Å². The van der Waals surface area contributed by atoms with Gasteiger partial charge in [-0.1, -0.05) is 0 Å². The molecule has 0 bridgehead atoms. The van der Waals surface area contributed by atoms with E-state index in [0.717, 1.165) is 18.2 Å². The molecule has 0 fully saturated rings. The topological polar surface area (TPSA) is 162 Å². The summed E-state index contributed by atoms with van der Waals surface area (Å²) in [6.07, 6.45) is 0. The summed E-state index contributed by atoms with van der Waals surface area (Å²) in [7, 11) is -2.83. The maximum absolute atomic E-state index is 11.2. The number of aliphatic carboxylic acids is 1. The molecule has 0 heterocycles. The molecule has 21 heavy (non-hydrogen) atoms. The Morgan fingerprint density at radius 1 is 1.57 bits per heavy atom. The van der Waals surface area contributed by atoms with Gasteiger partial charge in [-0.2, -0.15) is 0 Å². The van der Waals surface area contributed by atoms with E-state index in [9.17, 15) is 23.3 Å². The number of rotatable bonds is 7. The molecule has 0 aliphatic heterocycles. The van der Waals surface area contributed by atoms with Gasteiger partial charge in [0.2, 0.25) is 10.0 Å². The van der Waals surface area contributed by atoms with Gasteiger partial charge in [-0.05, 0) is 12.1 Å². The van der Waals surface area contributed by atoms with E-state index >= 15 is 0 Å². The number of carboxylic acid groups (broad SMARTS) is 1. The number of hydrogen-bond acceptors (Lipinski definition) is 7. The Kier molecular flexibility index (Phi) is 5.18. The minimum absolute atomic E-state index is 0.156. The summed E-state index contributed by atoms with van der Waals surface area (Å²) in [6.45, 7) is -0.233. The molecule has 10 nitrogen and oxygen atoms in total. The average molecular weight is 319 g/mol. The fourth-order valence-electron chi connectivity index (χ4n) is 1.49. The van der Waals surface area contributed by atoms with E-state index in [2.05, 4.69) is 10.1 Å². The van der Waals surface area contributed by atoms with Gasteiger partial charge in [0.15, 0.2) is 0 Å². The Bertz CT molecular complexity index is 659. The Balaban J connectivity index is 3.24. The SMILES string of the molecule is COCC(Nc1ccc(S(N)(=O)=O)cc1[N+](=O)[O-])C(=O)O. The van der Waals surface area contributed by atoms with Crippen molar-refractivity contribution in [1.82, 2.24) is 0 Å². The zero-order chi connectivity index (χ0) is 16.2. The minimum Gasteiger partial charge on any atom is -0.480 e. The molecule has 0 amide bonds.